The highest BCUT2D eigenvalue weighted by Crippen LogP contribution is 2.49. The molecule has 0 radical (unpaired) electrons. The Bertz CT molecular complexity index is 424. The number of amides is 2. The summed E-state index contributed by atoms with van der Waals surface area (Å²) < 4.78 is 0. The molecule has 0 aromatic rings. The molecule has 1 saturated heterocycles. The van der Waals surface area contributed by atoms with Gasteiger partial charge in [0.1, 0.15) is 0 Å². The molecule has 0 unspecified atom stereocenters. The molecule has 1 aliphatic heterocycles. The Morgan fingerprint density at radius 2 is 1.78 bits per heavy atom. The van der Waals surface area contributed by atoms with Crippen molar-refractivity contribution in [3.63, 3.8) is 0 Å². The second-order valence-electron chi connectivity index (χ2n) is 7.30. The van der Waals surface area contributed by atoms with Gasteiger partial charge in [-0.3, -0.25) is 4.99 Å². The van der Waals surface area contributed by atoms with E-state index in [-0.39, 0.29) is 6.03 Å². The Morgan fingerprint density at radius 3 is 2.26 bits per heavy atom. The third kappa shape index (κ3) is 4.75. The number of urea groups is 1. The summed E-state index contributed by atoms with van der Waals surface area (Å²) >= 11 is 0. The first-order chi connectivity index (χ1) is 11.2. The molecule has 4 N–H and O–H groups in total. The van der Waals surface area contributed by atoms with E-state index in [1.54, 1.807) is 4.90 Å². The first kappa shape index (κ1) is 16.4. The predicted octanol–water partition coefficient (Wildman–Crippen LogP) is 1.52. The number of hydrogen-bond acceptors (Lipinski definition) is 2. The third-order valence-corrected chi connectivity index (χ3v) is 5.41. The molecule has 0 aromatic heterocycles. The average Bonchev–Trinajstić information content (AvgIpc) is 3.42. The minimum Gasteiger partial charge on any atom is -0.357 e. The fourth-order valence-corrected chi connectivity index (χ4v) is 3.69. The largest absolute Gasteiger partial charge is 0.357 e. The molecule has 0 atom stereocenters. The van der Waals surface area contributed by atoms with E-state index in [1.165, 1.54) is 25.7 Å². The maximum Gasteiger partial charge on any atom is 0.314 e. The molecule has 6 nitrogen and oxygen atoms in total. The molecule has 3 fully saturated rings. The Kier molecular flexibility index (Phi) is 5.28. The summed E-state index contributed by atoms with van der Waals surface area (Å²) in [6, 6.07) is 0.0735. The smallest absolute Gasteiger partial charge is 0.314 e. The first-order valence-corrected chi connectivity index (χ1v) is 9.26. The number of carbonyl (C=O) groups is 1. The number of hydrogen-bond donors (Lipinski definition) is 3. The van der Waals surface area contributed by atoms with Gasteiger partial charge in [0, 0.05) is 32.2 Å². The molecule has 0 bridgehead atoms. The Hall–Kier alpha value is -1.46. The molecule has 2 aliphatic carbocycles. The number of piperidine rings is 1. The van der Waals surface area contributed by atoms with Crippen LogP contribution in [-0.2, 0) is 0 Å². The minimum atomic E-state index is -0.305. The van der Waals surface area contributed by atoms with Crippen molar-refractivity contribution in [2.75, 3.05) is 26.2 Å². The van der Waals surface area contributed by atoms with Crippen LogP contribution in [0.2, 0.25) is 0 Å². The van der Waals surface area contributed by atoms with Crippen LogP contribution in [-0.4, -0.2) is 49.1 Å². The second-order valence-corrected chi connectivity index (χ2v) is 7.30. The number of rotatable bonds is 6. The molecule has 3 aliphatic rings. The van der Waals surface area contributed by atoms with Gasteiger partial charge in [-0.15, -0.1) is 0 Å². The Labute approximate surface area is 139 Å². The highest BCUT2D eigenvalue weighted by Gasteiger charge is 2.41. The number of likely N-dealkylation sites (tertiary alicyclic amines) is 1. The van der Waals surface area contributed by atoms with Gasteiger partial charge in [-0.2, -0.15) is 0 Å². The molecular weight excluding hydrogens is 290 g/mol. The van der Waals surface area contributed by atoms with Crippen molar-refractivity contribution in [3.05, 3.63) is 0 Å². The lowest BCUT2D eigenvalue weighted by Crippen LogP contribution is -2.50. The van der Waals surface area contributed by atoms with Gasteiger partial charge in [-0.25, -0.2) is 4.79 Å². The van der Waals surface area contributed by atoms with Gasteiger partial charge in [0.2, 0.25) is 0 Å². The van der Waals surface area contributed by atoms with E-state index in [0.29, 0.717) is 6.04 Å². The number of guanidine groups is 1. The van der Waals surface area contributed by atoms with Crippen molar-refractivity contribution in [3.8, 4) is 0 Å². The summed E-state index contributed by atoms with van der Waals surface area (Å²) in [5.41, 5.74) is 5.34. The molecule has 2 saturated carbocycles. The minimum absolute atomic E-state index is 0.305. The first-order valence-electron chi connectivity index (χ1n) is 9.26. The van der Waals surface area contributed by atoms with E-state index < -0.39 is 0 Å². The van der Waals surface area contributed by atoms with Gasteiger partial charge in [0.15, 0.2) is 5.96 Å². The fraction of sp³-hybridized carbons (Fsp3) is 0.882. The second kappa shape index (κ2) is 7.41. The number of nitrogens with two attached hydrogens (primary N) is 1. The van der Waals surface area contributed by atoms with Crippen molar-refractivity contribution >= 4 is 12.0 Å². The van der Waals surface area contributed by atoms with Gasteiger partial charge in [0.25, 0.3) is 0 Å². The molecular formula is C17H31N5O. The van der Waals surface area contributed by atoms with E-state index in [4.69, 9.17) is 10.7 Å². The maximum absolute atomic E-state index is 11.2. The van der Waals surface area contributed by atoms with Crippen LogP contribution in [0.25, 0.3) is 0 Å². The lowest BCUT2D eigenvalue weighted by Gasteiger charge is -2.32. The number of primary amides is 1. The average molecular weight is 321 g/mol. The van der Waals surface area contributed by atoms with Crippen LogP contribution < -0.4 is 16.4 Å². The normalized spacial score (nSPS) is 23.2. The van der Waals surface area contributed by atoms with Crippen LogP contribution in [0.15, 0.2) is 4.99 Å². The number of carbonyl (C=O) groups excluding carboxylic acids is 1. The Balaban J connectivity index is 1.49. The van der Waals surface area contributed by atoms with Gasteiger partial charge in [-0.05, 0) is 63.2 Å². The molecule has 130 valence electrons. The van der Waals surface area contributed by atoms with Crippen molar-refractivity contribution in [2.24, 2.45) is 28.5 Å². The highest BCUT2D eigenvalue weighted by molar-refractivity contribution is 5.80. The lowest BCUT2D eigenvalue weighted by molar-refractivity contribution is 0.188. The number of nitrogens with zero attached hydrogens (tertiary/aromatic N) is 2. The van der Waals surface area contributed by atoms with Crippen molar-refractivity contribution in [1.29, 1.82) is 0 Å². The zero-order valence-corrected chi connectivity index (χ0v) is 14.3. The summed E-state index contributed by atoms with van der Waals surface area (Å²) in [5, 5.41) is 6.92. The van der Waals surface area contributed by atoms with Crippen molar-refractivity contribution in [1.82, 2.24) is 15.5 Å². The topological polar surface area (TPSA) is 82.8 Å². The van der Waals surface area contributed by atoms with E-state index in [2.05, 4.69) is 17.6 Å². The number of nitrogens with one attached hydrogen (secondary N) is 2. The quantitative estimate of drug-likeness (QED) is 0.512. The van der Waals surface area contributed by atoms with Crippen LogP contribution in [0, 0.1) is 17.8 Å². The zero-order chi connectivity index (χ0) is 16.2. The third-order valence-electron chi connectivity index (χ3n) is 5.41. The summed E-state index contributed by atoms with van der Waals surface area (Å²) in [6.45, 7) is 5.42. The van der Waals surface area contributed by atoms with E-state index in [1.807, 2.05) is 0 Å². The van der Waals surface area contributed by atoms with Crippen LogP contribution in [0.3, 0.4) is 0 Å². The SMILES string of the molecule is CCNC(=NCC(C1CC1)C1CC1)NC1CCN(C(N)=O)CC1. The zero-order valence-electron chi connectivity index (χ0n) is 14.3. The molecule has 6 heteroatoms. The van der Waals surface area contributed by atoms with Gasteiger partial charge in [-0.1, -0.05) is 0 Å². The van der Waals surface area contributed by atoms with Crippen LogP contribution in [0.1, 0.15) is 45.4 Å². The van der Waals surface area contributed by atoms with Gasteiger partial charge >= 0.3 is 6.03 Å². The molecule has 3 rings (SSSR count). The fourth-order valence-electron chi connectivity index (χ4n) is 3.69. The summed E-state index contributed by atoms with van der Waals surface area (Å²) in [6.07, 6.45) is 7.50. The van der Waals surface area contributed by atoms with Crippen LogP contribution in [0.4, 0.5) is 4.79 Å². The molecule has 2 amide bonds. The molecule has 23 heavy (non-hydrogen) atoms. The molecule has 0 aromatic carbocycles. The van der Waals surface area contributed by atoms with Crippen molar-refractivity contribution < 1.29 is 4.79 Å². The summed E-state index contributed by atoms with van der Waals surface area (Å²) in [5.74, 6) is 3.62. The summed E-state index contributed by atoms with van der Waals surface area (Å²) in [7, 11) is 0. The van der Waals surface area contributed by atoms with E-state index >= 15 is 0 Å². The standard InChI is InChI=1S/C17H31N5O/c1-2-19-17(20-11-15(12-3-4-12)13-5-6-13)21-14-7-9-22(10-8-14)16(18)23/h12-15H,2-11H2,1H3,(H2,18,23)(H2,19,20,21). The van der Waals surface area contributed by atoms with E-state index in [9.17, 15) is 4.79 Å². The van der Waals surface area contributed by atoms with Crippen LogP contribution in [0.5, 0.6) is 0 Å². The monoisotopic (exact) mass is 321 g/mol. The van der Waals surface area contributed by atoms with E-state index in [0.717, 1.165) is 62.7 Å². The summed E-state index contributed by atoms with van der Waals surface area (Å²) in [4.78, 5) is 17.8. The lowest BCUT2D eigenvalue weighted by atomic mass is 9.98. The Morgan fingerprint density at radius 1 is 1.17 bits per heavy atom. The maximum atomic E-state index is 11.2. The predicted molar refractivity (Wildman–Crippen MR) is 92.2 cm³/mol. The van der Waals surface area contributed by atoms with Gasteiger partial charge in [0.05, 0.1) is 0 Å². The van der Waals surface area contributed by atoms with Crippen molar-refractivity contribution in [2.45, 2.75) is 51.5 Å². The molecule has 0 spiro atoms. The highest BCUT2D eigenvalue weighted by atomic mass is 16.2. The number of aliphatic imine (C=N–C) groups is 1. The van der Waals surface area contributed by atoms with Crippen LogP contribution >= 0.6 is 0 Å². The van der Waals surface area contributed by atoms with Gasteiger partial charge < -0.3 is 21.3 Å². The molecule has 1 heterocycles.